The van der Waals surface area contributed by atoms with Gasteiger partial charge in [-0.05, 0) is 30.3 Å². The molecule has 0 saturated heterocycles. The summed E-state index contributed by atoms with van der Waals surface area (Å²) >= 11 is 0. The number of hydrogen-bond acceptors (Lipinski definition) is 4. The maximum Gasteiger partial charge on any atom is 0.222 e. The van der Waals surface area contributed by atoms with Gasteiger partial charge in [-0.2, -0.15) is 0 Å². The van der Waals surface area contributed by atoms with Crippen LogP contribution < -0.4 is 5.32 Å². The fourth-order valence-electron chi connectivity index (χ4n) is 1.99. The van der Waals surface area contributed by atoms with Gasteiger partial charge in [-0.1, -0.05) is 0 Å². The van der Waals surface area contributed by atoms with Crippen molar-refractivity contribution >= 4 is 23.1 Å². The molecule has 2 N–H and O–H groups in total. The van der Waals surface area contributed by atoms with Crippen LogP contribution in [0.3, 0.4) is 0 Å². The molecule has 2 aromatic heterocycles. The standard InChI is InChI=1S/C14H12N4O/c1-15-14-16-5-4-12(18-14)13-7-10-6-9(8-19)2-3-11(10)17-13/h2-8,17H,1H3,(H,15,16,18). The topological polar surface area (TPSA) is 70.7 Å². The van der Waals surface area contributed by atoms with E-state index in [4.69, 9.17) is 0 Å². The summed E-state index contributed by atoms with van der Waals surface area (Å²) in [6.45, 7) is 0. The summed E-state index contributed by atoms with van der Waals surface area (Å²) in [6.07, 6.45) is 2.55. The Morgan fingerprint density at radius 2 is 2.16 bits per heavy atom. The molecule has 5 nitrogen and oxygen atoms in total. The van der Waals surface area contributed by atoms with Gasteiger partial charge in [0.05, 0.1) is 11.4 Å². The molecule has 0 radical (unpaired) electrons. The molecular formula is C14H12N4O. The molecule has 19 heavy (non-hydrogen) atoms. The fraction of sp³-hybridized carbons (Fsp3) is 0.0714. The minimum atomic E-state index is 0.574. The van der Waals surface area contributed by atoms with Crippen LogP contribution in [-0.4, -0.2) is 28.3 Å². The second-order valence-electron chi connectivity index (χ2n) is 4.16. The number of rotatable bonds is 3. The van der Waals surface area contributed by atoms with Crippen molar-refractivity contribution in [1.82, 2.24) is 15.0 Å². The van der Waals surface area contributed by atoms with Crippen molar-refractivity contribution in [3.05, 3.63) is 42.1 Å². The molecule has 1 aromatic carbocycles. The third-order valence-electron chi connectivity index (χ3n) is 2.94. The van der Waals surface area contributed by atoms with Crippen LogP contribution in [0, 0.1) is 0 Å². The van der Waals surface area contributed by atoms with Crippen LogP contribution in [0.15, 0.2) is 36.5 Å². The van der Waals surface area contributed by atoms with Gasteiger partial charge in [-0.15, -0.1) is 0 Å². The number of nitrogens with one attached hydrogen (secondary N) is 2. The highest BCUT2D eigenvalue weighted by Gasteiger charge is 2.06. The second kappa shape index (κ2) is 4.53. The van der Waals surface area contributed by atoms with Gasteiger partial charge in [0.1, 0.15) is 6.29 Å². The fourth-order valence-corrected chi connectivity index (χ4v) is 1.99. The van der Waals surface area contributed by atoms with E-state index in [-0.39, 0.29) is 0 Å². The van der Waals surface area contributed by atoms with Crippen molar-refractivity contribution in [2.75, 3.05) is 12.4 Å². The van der Waals surface area contributed by atoms with Crippen LogP contribution >= 0.6 is 0 Å². The quantitative estimate of drug-likeness (QED) is 0.702. The van der Waals surface area contributed by atoms with Gasteiger partial charge < -0.3 is 10.3 Å². The number of aldehydes is 1. The third-order valence-corrected chi connectivity index (χ3v) is 2.94. The van der Waals surface area contributed by atoms with E-state index in [1.54, 1.807) is 19.3 Å². The van der Waals surface area contributed by atoms with Gasteiger partial charge >= 0.3 is 0 Å². The number of carbonyl (C=O) groups excluding carboxylic acids is 1. The van der Waals surface area contributed by atoms with Crippen molar-refractivity contribution in [2.24, 2.45) is 0 Å². The van der Waals surface area contributed by atoms with Gasteiger partial charge in [-0.3, -0.25) is 4.79 Å². The molecule has 3 rings (SSSR count). The molecule has 0 aliphatic rings. The summed E-state index contributed by atoms with van der Waals surface area (Å²) in [5.74, 6) is 0.574. The minimum absolute atomic E-state index is 0.574. The van der Waals surface area contributed by atoms with Crippen LogP contribution in [0.1, 0.15) is 10.4 Å². The van der Waals surface area contributed by atoms with Crippen molar-refractivity contribution in [3.8, 4) is 11.4 Å². The summed E-state index contributed by atoms with van der Waals surface area (Å²) in [6, 6.07) is 9.34. The van der Waals surface area contributed by atoms with E-state index >= 15 is 0 Å². The first-order valence-corrected chi connectivity index (χ1v) is 5.89. The lowest BCUT2D eigenvalue weighted by Gasteiger charge is -2.00. The third kappa shape index (κ3) is 2.06. The maximum atomic E-state index is 10.8. The number of nitrogens with zero attached hydrogens (tertiary/aromatic N) is 2. The second-order valence-corrected chi connectivity index (χ2v) is 4.16. The number of hydrogen-bond donors (Lipinski definition) is 2. The van der Waals surface area contributed by atoms with E-state index in [0.717, 1.165) is 28.6 Å². The number of aromatic nitrogens is 3. The molecule has 0 saturated carbocycles. The Morgan fingerprint density at radius 3 is 2.95 bits per heavy atom. The average Bonchev–Trinajstić information content (AvgIpc) is 2.90. The summed E-state index contributed by atoms with van der Waals surface area (Å²) in [7, 11) is 1.78. The molecular weight excluding hydrogens is 240 g/mol. The number of fused-ring (bicyclic) bond motifs is 1. The first-order valence-electron chi connectivity index (χ1n) is 5.89. The highest BCUT2D eigenvalue weighted by atomic mass is 16.1. The maximum absolute atomic E-state index is 10.8. The monoisotopic (exact) mass is 252 g/mol. The molecule has 0 atom stereocenters. The number of H-pyrrole nitrogens is 1. The van der Waals surface area contributed by atoms with Crippen molar-refractivity contribution in [2.45, 2.75) is 0 Å². The van der Waals surface area contributed by atoms with E-state index in [2.05, 4.69) is 20.3 Å². The van der Waals surface area contributed by atoms with E-state index in [9.17, 15) is 4.79 Å². The SMILES string of the molecule is CNc1nccc(-c2cc3cc(C=O)ccc3[nH]2)n1. The molecule has 0 aliphatic heterocycles. The highest BCUT2D eigenvalue weighted by Crippen LogP contribution is 2.23. The summed E-state index contributed by atoms with van der Waals surface area (Å²) in [4.78, 5) is 22.5. The van der Waals surface area contributed by atoms with Crippen LogP contribution in [0.5, 0.6) is 0 Å². The van der Waals surface area contributed by atoms with Gasteiger partial charge in [0.15, 0.2) is 0 Å². The first-order chi connectivity index (χ1) is 9.30. The lowest BCUT2D eigenvalue weighted by Crippen LogP contribution is -1.96. The summed E-state index contributed by atoms with van der Waals surface area (Å²) < 4.78 is 0. The predicted molar refractivity (Wildman–Crippen MR) is 74.3 cm³/mol. The zero-order valence-corrected chi connectivity index (χ0v) is 10.3. The highest BCUT2D eigenvalue weighted by molar-refractivity contribution is 5.90. The molecule has 0 spiro atoms. The van der Waals surface area contributed by atoms with E-state index in [1.165, 1.54) is 0 Å². The van der Waals surface area contributed by atoms with E-state index in [1.807, 2.05) is 24.3 Å². The molecule has 94 valence electrons. The van der Waals surface area contributed by atoms with Crippen LogP contribution in [0.4, 0.5) is 5.95 Å². The number of anilines is 1. The Morgan fingerprint density at radius 1 is 1.26 bits per heavy atom. The molecule has 2 heterocycles. The minimum Gasteiger partial charge on any atom is -0.357 e. The van der Waals surface area contributed by atoms with Crippen molar-refractivity contribution < 1.29 is 4.79 Å². The Balaban J connectivity index is 2.11. The van der Waals surface area contributed by atoms with E-state index < -0.39 is 0 Å². The zero-order chi connectivity index (χ0) is 13.2. The van der Waals surface area contributed by atoms with Crippen LogP contribution in [-0.2, 0) is 0 Å². The largest absolute Gasteiger partial charge is 0.357 e. The Bertz CT molecular complexity index is 748. The lowest BCUT2D eigenvalue weighted by atomic mass is 10.2. The van der Waals surface area contributed by atoms with Gasteiger partial charge in [0, 0.05) is 29.7 Å². The Labute approximate surface area is 109 Å². The van der Waals surface area contributed by atoms with E-state index in [0.29, 0.717) is 11.5 Å². The smallest absolute Gasteiger partial charge is 0.222 e. The van der Waals surface area contributed by atoms with Crippen molar-refractivity contribution in [3.63, 3.8) is 0 Å². The lowest BCUT2D eigenvalue weighted by molar-refractivity contribution is 0.112. The molecule has 0 aliphatic carbocycles. The predicted octanol–water partition coefficient (Wildman–Crippen LogP) is 2.48. The normalized spacial score (nSPS) is 10.6. The molecule has 5 heteroatoms. The van der Waals surface area contributed by atoms with Gasteiger partial charge in [-0.25, -0.2) is 9.97 Å². The van der Waals surface area contributed by atoms with Gasteiger partial charge in [0.2, 0.25) is 5.95 Å². The van der Waals surface area contributed by atoms with Crippen molar-refractivity contribution in [1.29, 1.82) is 0 Å². The van der Waals surface area contributed by atoms with Gasteiger partial charge in [0.25, 0.3) is 0 Å². The number of aromatic amines is 1. The molecule has 3 aromatic rings. The summed E-state index contributed by atoms with van der Waals surface area (Å²) in [5.41, 5.74) is 3.35. The molecule has 0 bridgehead atoms. The molecule has 0 amide bonds. The first kappa shape index (κ1) is 11.4. The molecule has 0 fully saturated rings. The van der Waals surface area contributed by atoms with Crippen LogP contribution in [0.25, 0.3) is 22.3 Å². The molecule has 0 unspecified atom stereocenters. The number of carbonyl (C=O) groups is 1. The van der Waals surface area contributed by atoms with Crippen LogP contribution in [0.2, 0.25) is 0 Å². The zero-order valence-electron chi connectivity index (χ0n) is 10.3. The Hall–Kier alpha value is -2.69. The average molecular weight is 252 g/mol. The Kier molecular flexibility index (Phi) is 2.72. The summed E-state index contributed by atoms with van der Waals surface area (Å²) in [5, 5.41) is 3.90. The number of benzene rings is 1.